The molecule has 0 amide bonds. The first-order valence-corrected chi connectivity index (χ1v) is 5.07. The number of nitrogens with zero attached hydrogens (tertiary/aromatic N) is 2. The predicted molar refractivity (Wildman–Crippen MR) is 63.7 cm³/mol. The third-order valence-corrected chi connectivity index (χ3v) is 3.35. The van der Waals surface area contributed by atoms with Crippen molar-refractivity contribution in [2.45, 2.75) is 19.3 Å². The molecule has 0 atom stereocenters. The molecule has 0 radical (unpaired) electrons. The number of hydrogen-bond donors (Lipinski definition) is 0. The van der Waals surface area contributed by atoms with E-state index >= 15 is 0 Å². The van der Waals surface area contributed by atoms with E-state index in [1.54, 1.807) is 12.1 Å². The highest BCUT2D eigenvalue weighted by Crippen LogP contribution is 2.47. The van der Waals surface area contributed by atoms with Crippen LogP contribution in [0.3, 0.4) is 0 Å². The van der Waals surface area contributed by atoms with Crippen LogP contribution in [0, 0.1) is 10.1 Å². The molecule has 1 aromatic carbocycles. The summed E-state index contributed by atoms with van der Waals surface area (Å²) in [5.41, 5.74) is 2.82. The first kappa shape index (κ1) is 10.7. The van der Waals surface area contributed by atoms with Crippen LogP contribution in [-0.2, 0) is 5.41 Å². The molecule has 0 aromatic heterocycles. The molecular weight excluding hydrogens is 204 g/mol. The Labute approximate surface area is 94.3 Å². The van der Waals surface area contributed by atoms with Gasteiger partial charge in [-0.2, -0.15) is 0 Å². The normalized spacial score (nSPS) is 17.4. The zero-order valence-corrected chi connectivity index (χ0v) is 9.65. The number of anilines is 1. The number of nitro groups is 1. The molecule has 0 bridgehead atoms. The SMILES string of the molecule is C=C1N(C)c2ccc([N+](=O)[O-])cc2C1(C)C. The number of benzene rings is 1. The Morgan fingerprint density at radius 3 is 2.62 bits per heavy atom. The van der Waals surface area contributed by atoms with E-state index in [9.17, 15) is 10.1 Å². The van der Waals surface area contributed by atoms with Gasteiger partial charge in [0.05, 0.1) is 4.92 Å². The van der Waals surface area contributed by atoms with Crippen molar-refractivity contribution >= 4 is 11.4 Å². The van der Waals surface area contributed by atoms with Gasteiger partial charge in [0, 0.05) is 36.0 Å². The van der Waals surface area contributed by atoms with Gasteiger partial charge < -0.3 is 4.90 Å². The molecule has 1 aliphatic rings. The Balaban J connectivity index is 2.65. The van der Waals surface area contributed by atoms with E-state index in [4.69, 9.17) is 0 Å². The lowest BCUT2D eigenvalue weighted by atomic mass is 9.84. The largest absolute Gasteiger partial charge is 0.348 e. The van der Waals surface area contributed by atoms with E-state index in [0.29, 0.717) is 0 Å². The molecule has 0 aliphatic carbocycles. The van der Waals surface area contributed by atoms with Crippen molar-refractivity contribution in [1.82, 2.24) is 0 Å². The van der Waals surface area contributed by atoms with Crippen LogP contribution in [0.1, 0.15) is 19.4 Å². The molecule has 1 heterocycles. The summed E-state index contributed by atoms with van der Waals surface area (Å²) in [6.07, 6.45) is 0. The topological polar surface area (TPSA) is 46.4 Å². The van der Waals surface area contributed by atoms with Gasteiger partial charge in [-0.05, 0) is 11.6 Å². The lowest BCUT2D eigenvalue weighted by molar-refractivity contribution is -0.384. The minimum absolute atomic E-state index is 0.134. The summed E-state index contributed by atoms with van der Waals surface area (Å²) in [4.78, 5) is 12.4. The number of non-ortho nitro benzene ring substituents is 1. The van der Waals surface area contributed by atoms with Crippen molar-refractivity contribution in [3.63, 3.8) is 0 Å². The predicted octanol–water partition coefficient (Wildman–Crippen LogP) is 2.84. The maximum Gasteiger partial charge on any atom is 0.269 e. The number of hydrogen-bond acceptors (Lipinski definition) is 3. The molecular formula is C12H14N2O2. The highest BCUT2D eigenvalue weighted by atomic mass is 16.6. The first-order valence-electron chi connectivity index (χ1n) is 5.07. The van der Waals surface area contributed by atoms with Gasteiger partial charge in [-0.25, -0.2) is 0 Å². The molecule has 0 fully saturated rings. The highest BCUT2D eigenvalue weighted by Gasteiger charge is 2.38. The van der Waals surface area contributed by atoms with Crippen LogP contribution in [0.2, 0.25) is 0 Å². The zero-order chi connectivity index (χ0) is 12.1. The molecule has 84 valence electrons. The number of allylic oxidation sites excluding steroid dienone is 1. The second kappa shape index (κ2) is 3.07. The van der Waals surface area contributed by atoms with Gasteiger partial charge in [-0.15, -0.1) is 0 Å². The Bertz CT molecular complexity index is 492. The van der Waals surface area contributed by atoms with Gasteiger partial charge in [0.25, 0.3) is 5.69 Å². The Hall–Kier alpha value is -1.84. The minimum Gasteiger partial charge on any atom is -0.348 e. The minimum atomic E-state index is -0.364. The zero-order valence-electron chi connectivity index (χ0n) is 9.65. The fourth-order valence-electron chi connectivity index (χ4n) is 2.15. The van der Waals surface area contributed by atoms with E-state index in [0.717, 1.165) is 16.9 Å². The Morgan fingerprint density at radius 1 is 1.44 bits per heavy atom. The molecule has 1 aliphatic heterocycles. The Kier molecular flexibility index (Phi) is 2.05. The van der Waals surface area contributed by atoms with Gasteiger partial charge in [0.2, 0.25) is 0 Å². The molecule has 0 saturated heterocycles. The Morgan fingerprint density at radius 2 is 2.06 bits per heavy atom. The molecule has 16 heavy (non-hydrogen) atoms. The van der Waals surface area contributed by atoms with Crippen LogP contribution >= 0.6 is 0 Å². The third-order valence-electron chi connectivity index (χ3n) is 3.35. The van der Waals surface area contributed by atoms with Crippen LogP contribution in [0.5, 0.6) is 0 Å². The molecule has 0 saturated carbocycles. The average molecular weight is 218 g/mol. The van der Waals surface area contributed by atoms with Gasteiger partial charge in [0.15, 0.2) is 0 Å². The van der Waals surface area contributed by atoms with E-state index < -0.39 is 0 Å². The molecule has 1 aromatic rings. The maximum atomic E-state index is 10.7. The second-order valence-corrected chi connectivity index (χ2v) is 4.59. The number of fused-ring (bicyclic) bond motifs is 1. The summed E-state index contributed by atoms with van der Waals surface area (Å²) in [5.74, 6) is 0. The molecule has 2 rings (SSSR count). The van der Waals surface area contributed by atoms with Crippen LogP contribution in [0.25, 0.3) is 0 Å². The number of nitro benzene ring substituents is 1. The fourth-order valence-corrected chi connectivity index (χ4v) is 2.15. The van der Waals surface area contributed by atoms with Crippen LogP contribution in [0.15, 0.2) is 30.5 Å². The van der Waals surface area contributed by atoms with Crippen molar-refractivity contribution < 1.29 is 4.92 Å². The summed E-state index contributed by atoms with van der Waals surface area (Å²) < 4.78 is 0. The standard InChI is InChI=1S/C12H14N2O2/c1-8-12(2,3)10-7-9(14(15)16)5-6-11(10)13(8)4/h5-7H,1H2,2-4H3. The molecule has 4 nitrogen and oxygen atoms in total. The van der Waals surface area contributed by atoms with Gasteiger partial charge >= 0.3 is 0 Å². The summed E-state index contributed by atoms with van der Waals surface area (Å²) in [6, 6.07) is 4.96. The summed E-state index contributed by atoms with van der Waals surface area (Å²) >= 11 is 0. The molecule has 0 N–H and O–H groups in total. The lowest BCUT2D eigenvalue weighted by Gasteiger charge is -2.22. The van der Waals surface area contributed by atoms with Crippen molar-refractivity contribution in [2.24, 2.45) is 0 Å². The van der Waals surface area contributed by atoms with E-state index in [1.807, 2.05) is 25.8 Å². The third kappa shape index (κ3) is 1.23. The van der Waals surface area contributed by atoms with Gasteiger partial charge in [-0.3, -0.25) is 10.1 Å². The van der Waals surface area contributed by atoms with Crippen molar-refractivity contribution in [3.05, 3.63) is 46.2 Å². The summed E-state index contributed by atoms with van der Waals surface area (Å²) in [6.45, 7) is 8.09. The maximum absolute atomic E-state index is 10.7. The van der Waals surface area contributed by atoms with Crippen LogP contribution in [0.4, 0.5) is 11.4 Å². The quantitative estimate of drug-likeness (QED) is 0.538. The molecule has 4 heteroatoms. The molecule has 0 unspecified atom stereocenters. The average Bonchev–Trinajstić information content (AvgIpc) is 2.40. The van der Waals surface area contributed by atoms with E-state index in [-0.39, 0.29) is 16.0 Å². The summed E-state index contributed by atoms with van der Waals surface area (Å²) in [7, 11) is 1.93. The van der Waals surface area contributed by atoms with Gasteiger partial charge in [-0.1, -0.05) is 20.4 Å². The van der Waals surface area contributed by atoms with Crippen LogP contribution < -0.4 is 4.90 Å². The monoisotopic (exact) mass is 218 g/mol. The smallest absolute Gasteiger partial charge is 0.269 e. The number of likely N-dealkylation sites (N-methyl/N-ethyl adjacent to an activating group) is 1. The summed E-state index contributed by atoms with van der Waals surface area (Å²) in [5, 5.41) is 10.7. The lowest BCUT2D eigenvalue weighted by Crippen LogP contribution is -2.21. The highest BCUT2D eigenvalue weighted by molar-refractivity contribution is 5.71. The number of rotatable bonds is 1. The van der Waals surface area contributed by atoms with E-state index in [1.165, 1.54) is 6.07 Å². The fraction of sp³-hybridized carbons (Fsp3) is 0.333. The van der Waals surface area contributed by atoms with Crippen molar-refractivity contribution in [1.29, 1.82) is 0 Å². The van der Waals surface area contributed by atoms with Crippen molar-refractivity contribution in [2.75, 3.05) is 11.9 Å². The second-order valence-electron chi connectivity index (χ2n) is 4.59. The molecule has 0 spiro atoms. The first-order chi connectivity index (χ1) is 7.35. The van der Waals surface area contributed by atoms with Crippen LogP contribution in [-0.4, -0.2) is 12.0 Å². The van der Waals surface area contributed by atoms with Crippen molar-refractivity contribution in [3.8, 4) is 0 Å². The van der Waals surface area contributed by atoms with Gasteiger partial charge in [0.1, 0.15) is 0 Å². The van der Waals surface area contributed by atoms with E-state index in [2.05, 4.69) is 6.58 Å².